The fourth-order valence-electron chi connectivity index (χ4n) is 3.48. The third-order valence-electron chi connectivity index (χ3n) is 5.08. The van der Waals surface area contributed by atoms with Crippen LogP contribution in [-0.2, 0) is 11.3 Å². The van der Waals surface area contributed by atoms with Crippen LogP contribution in [0.5, 0.6) is 0 Å². The fourth-order valence-corrected chi connectivity index (χ4v) is 5.35. The molecule has 3 heterocycles. The zero-order valence-electron chi connectivity index (χ0n) is 17.3. The first kappa shape index (κ1) is 21.3. The van der Waals surface area contributed by atoms with Crippen molar-refractivity contribution >= 4 is 49.8 Å². The molecule has 0 spiro atoms. The molecule has 1 N–H and O–H groups in total. The number of anilines is 1. The highest BCUT2D eigenvalue weighted by Crippen LogP contribution is 2.34. The molecular weight excluding hydrogens is 435 g/mol. The molecule has 0 saturated heterocycles. The second kappa shape index (κ2) is 8.64. The summed E-state index contributed by atoms with van der Waals surface area (Å²) < 4.78 is 21.7. The number of hydrogen-bond donors (Lipinski definition) is 1. The van der Waals surface area contributed by atoms with Crippen molar-refractivity contribution in [3.05, 3.63) is 74.9 Å². The molecule has 3 aromatic heterocycles. The van der Waals surface area contributed by atoms with E-state index in [0.29, 0.717) is 22.8 Å². The molecule has 0 aliphatic heterocycles. The van der Waals surface area contributed by atoms with Gasteiger partial charge in [0.25, 0.3) is 5.91 Å². The van der Waals surface area contributed by atoms with Crippen molar-refractivity contribution in [3.8, 4) is 0 Å². The zero-order valence-corrected chi connectivity index (χ0v) is 19.0. The number of thiophene rings is 2. The molecule has 0 radical (unpaired) electrons. The Morgan fingerprint density at radius 3 is 2.74 bits per heavy atom. The molecule has 0 aliphatic carbocycles. The minimum Gasteiger partial charge on any atom is -0.462 e. The number of nitrogens with zero attached hydrogens (tertiary/aromatic N) is 1. The van der Waals surface area contributed by atoms with Gasteiger partial charge in [-0.25, -0.2) is 9.18 Å². The molecule has 0 saturated carbocycles. The second-order valence-electron chi connectivity index (χ2n) is 7.08. The van der Waals surface area contributed by atoms with Gasteiger partial charge >= 0.3 is 5.97 Å². The van der Waals surface area contributed by atoms with E-state index in [2.05, 4.69) is 5.32 Å². The van der Waals surface area contributed by atoms with Crippen molar-refractivity contribution in [1.82, 2.24) is 4.57 Å². The lowest BCUT2D eigenvalue weighted by Crippen LogP contribution is -2.19. The van der Waals surface area contributed by atoms with Crippen molar-refractivity contribution in [3.63, 3.8) is 0 Å². The molecule has 0 atom stereocenters. The zero-order chi connectivity index (χ0) is 22.1. The summed E-state index contributed by atoms with van der Waals surface area (Å²) in [6.45, 7) is 6.11. The molecule has 0 aliphatic rings. The Kier molecular flexibility index (Phi) is 5.93. The predicted octanol–water partition coefficient (Wildman–Crippen LogP) is 6.00. The molecule has 8 heteroatoms. The van der Waals surface area contributed by atoms with Crippen LogP contribution in [0.4, 0.5) is 9.39 Å². The van der Waals surface area contributed by atoms with Crippen LogP contribution >= 0.6 is 22.7 Å². The summed E-state index contributed by atoms with van der Waals surface area (Å²) in [5.41, 5.74) is 3.30. The van der Waals surface area contributed by atoms with Crippen LogP contribution in [0, 0.1) is 19.7 Å². The minimum atomic E-state index is -0.448. The van der Waals surface area contributed by atoms with Crippen LogP contribution in [0.15, 0.2) is 41.8 Å². The molecule has 31 heavy (non-hydrogen) atoms. The highest BCUT2D eigenvalue weighted by Gasteiger charge is 2.24. The van der Waals surface area contributed by atoms with E-state index >= 15 is 0 Å². The third-order valence-corrected chi connectivity index (χ3v) is 7.05. The van der Waals surface area contributed by atoms with Gasteiger partial charge in [0.15, 0.2) is 0 Å². The van der Waals surface area contributed by atoms with Crippen LogP contribution in [-0.4, -0.2) is 23.1 Å². The maximum atomic E-state index is 13.7. The first-order valence-corrected chi connectivity index (χ1v) is 11.5. The number of hydrogen-bond acceptors (Lipinski definition) is 5. The summed E-state index contributed by atoms with van der Waals surface area (Å²) in [6.07, 6.45) is 0. The summed E-state index contributed by atoms with van der Waals surface area (Å²) >= 11 is 2.88. The maximum absolute atomic E-state index is 13.7. The Labute approximate surface area is 187 Å². The number of rotatable bonds is 6. The topological polar surface area (TPSA) is 60.3 Å². The monoisotopic (exact) mass is 456 g/mol. The van der Waals surface area contributed by atoms with Gasteiger partial charge in [0.05, 0.1) is 22.4 Å². The number of aryl methyl sites for hydroxylation is 1. The van der Waals surface area contributed by atoms with E-state index in [9.17, 15) is 14.0 Å². The van der Waals surface area contributed by atoms with E-state index in [-0.39, 0.29) is 18.3 Å². The third kappa shape index (κ3) is 4.13. The highest BCUT2D eigenvalue weighted by molar-refractivity contribution is 7.17. The molecule has 1 amide bonds. The normalized spacial score (nSPS) is 11.1. The van der Waals surface area contributed by atoms with Crippen molar-refractivity contribution in [1.29, 1.82) is 0 Å². The number of aromatic nitrogens is 1. The van der Waals surface area contributed by atoms with Crippen LogP contribution < -0.4 is 5.32 Å². The molecule has 1 aromatic carbocycles. The summed E-state index contributed by atoms with van der Waals surface area (Å²) in [5, 5.41) is 5.33. The van der Waals surface area contributed by atoms with Gasteiger partial charge < -0.3 is 14.6 Å². The van der Waals surface area contributed by atoms with Gasteiger partial charge in [-0.2, -0.15) is 0 Å². The van der Waals surface area contributed by atoms with Gasteiger partial charge in [-0.15, -0.1) is 22.7 Å². The van der Waals surface area contributed by atoms with E-state index in [1.165, 1.54) is 34.8 Å². The van der Waals surface area contributed by atoms with Gasteiger partial charge in [-0.1, -0.05) is 12.1 Å². The van der Waals surface area contributed by atoms with Gasteiger partial charge in [-0.3, -0.25) is 4.79 Å². The standard InChI is InChI=1S/C23H21FN2O3S2/c1-4-29-23(28)20-13(2)14(3)31-22(20)25-21(27)18-11-19-17(8-9-30-19)26(18)12-15-6-5-7-16(24)10-15/h5-11H,4,12H2,1-3H3,(H,25,27). The Bertz CT molecular complexity index is 1290. The lowest BCUT2D eigenvalue weighted by molar-refractivity contribution is 0.0527. The second-order valence-corrected chi connectivity index (χ2v) is 9.25. The smallest absolute Gasteiger partial charge is 0.341 e. The Balaban J connectivity index is 1.70. The molecular formula is C23H21FN2O3S2. The quantitative estimate of drug-likeness (QED) is 0.362. The Morgan fingerprint density at radius 1 is 1.19 bits per heavy atom. The maximum Gasteiger partial charge on any atom is 0.341 e. The number of nitrogens with one attached hydrogen (secondary N) is 1. The molecule has 0 unspecified atom stereocenters. The van der Waals surface area contributed by atoms with Gasteiger partial charge in [-0.05, 0) is 61.5 Å². The average molecular weight is 457 g/mol. The summed E-state index contributed by atoms with van der Waals surface area (Å²) in [6, 6.07) is 10.1. The van der Waals surface area contributed by atoms with Crippen molar-refractivity contribution in [2.45, 2.75) is 27.3 Å². The van der Waals surface area contributed by atoms with Gasteiger partial charge in [0, 0.05) is 11.4 Å². The number of halogens is 1. The summed E-state index contributed by atoms with van der Waals surface area (Å²) in [4.78, 5) is 26.7. The molecule has 5 nitrogen and oxygen atoms in total. The summed E-state index contributed by atoms with van der Waals surface area (Å²) in [5.74, 6) is -1.09. The van der Waals surface area contributed by atoms with Crippen LogP contribution in [0.25, 0.3) is 10.2 Å². The number of carbonyl (C=O) groups is 2. The SMILES string of the molecule is CCOC(=O)c1c(NC(=O)c2cc3sccc3n2Cc2cccc(F)c2)sc(C)c1C. The minimum absolute atomic E-state index is 0.257. The molecule has 4 aromatic rings. The van der Waals surface area contributed by atoms with E-state index < -0.39 is 5.97 Å². The van der Waals surface area contributed by atoms with Crippen LogP contribution in [0.3, 0.4) is 0 Å². The highest BCUT2D eigenvalue weighted by atomic mass is 32.1. The average Bonchev–Trinajstić information content (AvgIpc) is 3.37. The largest absolute Gasteiger partial charge is 0.462 e. The first-order chi connectivity index (χ1) is 14.9. The Hall–Kier alpha value is -2.97. The predicted molar refractivity (Wildman–Crippen MR) is 123 cm³/mol. The number of benzene rings is 1. The van der Waals surface area contributed by atoms with Crippen molar-refractivity contribution in [2.75, 3.05) is 11.9 Å². The number of amides is 1. The van der Waals surface area contributed by atoms with Gasteiger partial charge in [0.2, 0.25) is 0 Å². The van der Waals surface area contributed by atoms with E-state index in [1.54, 1.807) is 13.0 Å². The first-order valence-electron chi connectivity index (χ1n) is 9.78. The van der Waals surface area contributed by atoms with E-state index in [1.807, 2.05) is 42.0 Å². The van der Waals surface area contributed by atoms with Gasteiger partial charge in [0.1, 0.15) is 16.5 Å². The molecule has 0 fully saturated rings. The lowest BCUT2D eigenvalue weighted by Gasteiger charge is -2.11. The van der Waals surface area contributed by atoms with E-state index in [0.717, 1.165) is 26.2 Å². The molecule has 4 rings (SSSR count). The summed E-state index contributed by atoms with van der Waals surface area (Å²) in [7, 11) is 0. The number of esters is 1. The van der Waals surface area contributed by atoms with Crippen molar-refractivity contribution in [2.24, 2.45) is 0 Å². The Morgan fingerprint density at radius 2 is 2.00 bits per heavy atom. The van der Waals surface area contributed by atoms with Crippen LogP contribution in [0.2, 0.25) is 0 Å². The number of ether oxygens (including phenoxy) is 1. The van der Waals surface area contributed by atoms with Crippen molar-refractivity contribution < 1.29 is 18.7 Å². The number of carbonyl (C=O) groups excluding carboxylic acids is 2. The fraction of sp³-hybridized carbons (Fsp3) is 0.217. The van der Waals surface area contributed by atoms with E-state index in [4.69, 9.17) is 4.74 Å². The molecule has 0 bridgehead atoms. The molecule has 160 valence electrons. The lowest BCUT2D eigenvalue weighted by atomic mass is 10.1. The number of fused-ring (bicyclic) bond motifs is 1. The van der Waals surface area contributed by atoms with Crippen LogP contribution in [0.1, 0.15) is 43.8 Å².